The van der Waals surface area contributed by atoms with Crippen molar-refractivity contribution in [2.75, 3.05) is 19.0 Å². The lowest BCUT2D eigenvalue weighted by atomic mass is 9.95. The van der Waals surface area contributed by atoms with Gasteiger partial charge >= 0.3 is 0 Å². The number of alkyl halides is 1. The number of halogens is 1. The highest BCUT2D eigenvalue weighted by atomic mass is 35.5. The smallest absolute Gasteiger partial charge is 0.0443 e. The molecule has 2 heteroatoms. The summed E-state index contributed by atoms with van der Waals surface area (Å²) in [5.41, 5.74) is 1.14. The molecule has 0 amide bonds. The lowest BCUT2D eigenvalue weighted by Crippen LogP contribution is -2.42. The fourth-order valence-electron chi connectivity index (χ4n) is 1.93. The quantitative estimate of drug-likeness (QED) is 0.502. The number of piperidine rings is 1. The average molecular weight is 202 g/mol. The van der Waals surface area contributed by atoms with Crippen LogP contribution in [0.2, 0.25) is 0 Å². The van der Waals surface area contributed by atoms with E-state index in [1.54, 1.807) is 0 Å². The molecule has 76 valence electrons. The molecule has 1 fully saturated rings. The molecule has 2 atom stereocenters. The molecule has 1 saturated heterocycles. The van der Waals surface area contributed by atoms with E-state index in [0.29, 0.717) is 11.9 Å². The minimum Gasteiger partial charge on any atom is -0.296 e. The predicted octanol–water partition coefficient (Wildman–Crippen LogP) is 2.90. The first-order chi connectivity index (χ1) is 6.13. The van der Waals surface area contributed by atoms with Gasteiger partial charge in [0.15, 0.2) is 0 Å². The Labute approximate surface area is 86.8 Å². The van der Waals surface area contributed by atoms with Crippen LogP contribution in [0.4, 0.5) is 0 Å². The third-order valence-electron chi connectivity index (χ3n) is 2.86. The molecule has 1 rings (SSSR count). The fraction of sp³-hybridized carbons (Fsp3) is 0.818. The highest BCUT2D eigenvalue weighted by Gasteiger charge is 2.22. The van der Waals surface area contributed by atoms with Gasteiger partial charge in [0, 0.05) is 25.0 Å². The van der Waals surface area contributed by atoms with Crippen molar-refractivity contribution in [2.24, 2.45) is 5.92 Å². The molecule has 0 bridgehead atoms. The van der Waals surface area contributed by atoms with E-state index < -0.39 is 0 Å². The first-order valence-electron chi connectivity index (χ1n) is 5.10. The van der Waals surface area contributed by atoms with Crippen LogP contribution in [0.15, 0.2) is 12.2 Å². The van der Waals surface area contributed by atoms with Crippen molar-refractivity contribution in [1.82, 2.24) is 4.90 Å². The molecule has 0 aliphatic carbocycles. The standard InChI is InChI=1S/C11H20ClN/c1-9-4-5-11(3)13(7-9)8-10(2)6-12/h9,11H,2,4-8H2,1,3H3. The van der Waals surface area contributed by atoms with Gasteiger partial charge in [0.2, 0.25) is 0 Å². The number of nitrogens with zero attached hydrogens (tertiary/aromatic N) is 1. The molecule has 0 radical (unpaired) electrons. The Kier molecular flexibility index (Phi) is 4.27. The summed E-state index contributed by atoms with van der Waals surface area (Å²) >= 11 is 5.73. The molecule has 0 saturated carbocycles. The maximum Gasteiger partial charge on any atom is 0.0443 e. The normalized spacial score (nSPS) is 30.4. The van der Waals surface area contributed by atoms with Crippen LogP contribution >= 0.6 is 11.6 Å². The Morgan fingerprint density at radius 3 is 2.77 bits per heavy atom. The van der Waals surface area contributed by atoms with Gasteiger partial charge in [-0.1, -0.05) is 13.5 Å². The van der Waals surface area contributed by atoms with Gasteiger partial charge in [0.05, 0.1) is 0 Å². The zero-order valence-electron chi connectivity index (χ0n) is 8.72. The lowest BCUT2D eigenvalue weighted by molar-refractivity contribution is 0.137. The van der Waals surface area contributed by atoms with Crippen molar-refractivity contribution >= 4 is 11.6 Å². The monoisotopic (exact) mass is 201 g/mol. The van der Waals surface area contributed by atoms with Gasteiger partial charge in [-0.2, -0.15) is 0 Å². The van der Waals surface area contributed by atoms with Crippen LogP contribution < -0.4 is 0 Å². The van der Waals surface area contributed by atoms with Crippen LogP contribution in [0.5, 0.6) is 0 Å². The minimum absolute atomic E-state index is 0.595. The molecule has 13 heavy (non-hydrogen) atoms. The average Bonchev–Trinajstić information content (AvgIpc) is 2.11. The van der Waals surface area contributed by atoms with Crippen molar-refractivity contribution < 1.29 is 0 Å². The first-order valence-corrected chi connectivity index (χ1v) is 5.63. The van der Waals surface area contributed by atoms with Crippen molar-refractivity contribution in [2.45, 2.75) is 32.7 Å². The Bertz CT molecular complexity index is 179. The summed E-state index contributed by atoms with van der Waals surface area (Å²) < 4.78 is 0. The van der Waals surface area contributed by atoms with Gasteiger partial charge in [-0.3, -0.25) is 4.90 Å². The molecule has 2 unspecified atom stereocenters. The van der Waals surface area contributed by atoms with Crippen molar-refractivity contribution in [3.63, 3.8) is 0 Å². The molecule has 0 aromatic carbocycles. The minimum atomic E-state index is 0.595. The molecule has 0 aromatic heterocycles. The van der Waals surface area contributed by atoms with Crippen LogP contribution in [-0.4, -0.2) is 29.9 Å². The SMILES string of the molecule is C=C(CCl)CN1CC(C)CCC1C. The van der Waals surface area contributed by atoms with Crippen LogP contribution in [0.25, 0.3) is 0 Å². The topological polar surface area (TPSA) is 3.24 Å². The van der Waals surface area contributed by atoms with Gasteiger partial charge < -0.3 is 0 Å². The van der Waals surface area contributed by atoms with E-state index in [4.69, 9.17) is 11.6 Å². The summed E-state index contributed by atoms with van der Waals surface area (Å²) in [6, 6.07) is 0.705. The van der Waals surface area contributed by atoms with E-state index in [1.165, 1.54) is 19.4 Å². The summed E-state index contributed by atoms with van der Waals surface area (Å²) in [7, 11) is 0. The van der Waals surface area contributed by atoms with E-state index in [0.717, 1.165) is 18.0 Å². The highest BCUT2D eigenvalue weighted by Crippen LogP contribution is 2.21. The molecule has 0 N–H and O–H groups in total. The van der Waals surface area contributed by atoms with Crippen LogP contribution in [0.3, 0.4) is 0 Å². The zero-order chi connectivity index (χ0) is 9.84. The Balaban J connectivity index is 2.41. The Morgan fingerprint density at radius 1 is 1.46 bits per heavy atom. The summed E-state index contributed by atoms with van der Waals surface area (Å²) in [4.78, 5) is 2.50. The highest BCUT2D eigenvalue weighted by molar-refractivity contribution is 6.19. The van der Waals surface area contributed by atoms with Crippen LogP contribution in [-0.2, 0) is 0 Å². The third-order valence-corrected chi connectivity index (χ3v) is 3.24. The fourth-order valence-corrected chi connectivity index (χ4v) is 2.01. The van der Waals surface area contributed by atoms with Crippen LogP contribution in [0.1, 0.15) is 26.7 Å². The summed E-state index contributed by atoms with van der Waals surface area (Å²) in [5, 5.41) is 0. The molecular weight excluding hydrogens is 182 g/mol. The maximum absolute atomic E-state index is 5.73. The van der Waals surface area contributed by atoms with Gasteiger partial charge in [-0.25, -0.2) is 0 Å². The number of likely N-dealkylation sites (tertiary alicyclic amines) is 1. The molecule has 1 nitrogen and oxygen atoms in total. The predicted molar refractivity (Wildman–Crippen MR) is 59.3 cm³/mol. The second kappa shape index (κ2) is 5.02. The molecule has 0 aromatic rings. The summed E-state index contributed by atoms with van der Waals surface area (Å²) in [6.45, 7) is 10.8. The first kappa shape index (κ1) is 11.1. The van der Waals surface area contributed by atoms with E-state index in [1.807, 2.05) is 0 Å². The van der Waals surface area contributed by atoms with E-state index in [9.17, 15) is 0 Å². The van der Waals surface area contributed by atoms with E-state index in [2.05, 4.69) is 25.3 Å². The zero-order valence-corrected chi connectivity index (χ0v) is 9.48. The number of rotatable bonds is 3. The van der Waals surface area contributed by atoms with Gasteiger partial charge in [-0.15, -0.1) is 11.6 Å². The van der Waals surface area contributed by atoms with Gasteiger partial charge in [0.25, 0.3) is 0 Å². The lowest BCUT2D eigenvalue weighted by Gasteiger charge is -2.37. The van der Waals surface area contributed by atoms with Gasteiger partial charge in [0.1, 0.15) is 0 Å². The molecule has 1 heterocycles. The number of hydrogen-bond donors (Lipinski definition) is 0. The molecular formula is C11H20ClN. The summed E-state index contributed by atoms with van der Waals surface area (Å²) in [6.07, 6.45) is 2.68. The van der Waals surface area contributed by atoms with Crippen molar-refractivity contribution in [3.05, 3.63) is 12.2 Å². The maximum atomic E-state index is 5.73. The molecule has 0 spiro atoms. The van der Waals surface area contributed by atoms with Crippen molar-refractivity contribution in [3.8, 4) is 0 Å². The van der Waals surface area contributed by atoms with Crippen molar-refractivity contribution in [1.29, 1.82) is 0 Å². The Morgan fingerprint density at radius 2 is 2.15 bits per heavy atom. The Hall–Kier alpha value is -0.0100. The number of hydrogen-bond acceptors (Lipinski definition) is 1. The second-order valence-corrected chi connectivity index (χ2v) is 4.61. The molecule has 1 aliphatic rings. The third kappa shape index (κ3) is 3.32. The largest absolute Gasteiger partial charge is 0.296 e. The van der Waals surface area contributed by atoms with E-state index in [-0.39, 0.29) is 0 Å². The van der Waals surface area contributed by atoms with E-state index >= 15 is 0 Å². The second-order valence-electron chi connectivity index (χ2n) is 4.34. The van der Waals surface area contributed by atoms with Crippen LogP contribution in [0, 0.1) is 5.92 Å². The summed E-state index contributed by atoms with van der Waals surface area (Å²) in [5.74, 6) is 1.43. The molecule has 1 aliphatic heterocycles. The van der Waals surface area contributed by atoms with Gasteiger partial charge in [-0.05, 0) is 31.3 Å².